The van der Waals surface area contributed by atoms with Crippen LogP contribution in [0.3, 0.4) is 0 Å². The summed E-state index contributed by atoms with van der Waals surface area (Å²) >= 11 is 6.47. The number of rotatable bonds is 6. The topological polar surface area (TPSA) is 62.6 Å². The highest BCUT2D eigenvalue weighted by molar-refractivity contribution is 6.34. The average Bonchev–Trinajstić information content (AvgIpc) is 3.47. The van der Waals surface area contributed by atoms with Gasteiger partial charge < -0.3 is 9.73 Å². The molecule has 1 heterocycles. The van der Waals surface area contributed by atoms with Crippen LogP contribution in [-0.2, 0) is 4.79 Å². The molecule has 1 saturated carbocycles. The van der Waals surface area contributed by atoms with Crippen molar-refractivity contribution in [3.8, 4) is 0 Å². The first-order valence-corrected chi connectivity index (χ1v) is 10.5. The Hall–Kier alpha value is -3.05. The number of furan rings is 1. The molecule has 0 unspecified atom stereocenters. The van der Waals surface area contributed by atoms with Gasteiger partial charge in [-0.05, 0) is 42.7 Å². The van der Waals surface area contributed by atoms with Crippen LogP contribution in [0, 0.1) is 0 Å². The largest absolute Gasteiger partial charge is 0.459 e. The smallest absolute Gasteiger partial charge is 0.295 e. The van der Waals surface area contributed by atoms with E-state index in [1.54, 1.807) is 36.4 Å². The summed E-state index contributed by atoms with van der Waals surface area (Å²) in [5.74, 6) is -0.513. The van der Waals surface area contributed by atoms with Crippen molar-refractivity contribution in [2.24, 2.45) is 0 Å². The molecule has 1 aromatic heterocycles. The van der Waals surface area contributed by atoms with Gasteiger partial charge in [-0.25, -0.2) is 0 Å². The van der Waals surface area contributed by atoms with Crippen LogP contribution >= 0.6 is 11.6 Å². The summed E-state index contributed by atoms with van der Waals surface area (Å²) in [7, 11) is 0. The molecule has 3 aromatic rings. The summed E-state index contributed by atoms with van der Waals surface area (Å²) in [6.07, 6.45) is 5.53. The second kappa shape index (κ2) is 9.18. The van der Waals surface area contributed by atoms with E-state index in [0.717, 1.165) is 25.7 Å². The summed E-state index contributed by atoms with van der Waals surface area (Å²) in [5.41, 5.74) is 1.16. The van der Waals surface area contributed by atoms with E-state index in [2.05, 4.69) is 5.32 Å². The number of carbonyl (C=O) groups excluding carboxylic acids is 2. The van der Waals surface area contributed by atoms with Gasteiger partial charge in [0.2, 0.25) is 5.91 Å². The number of nitrogens with zero attached hydrogens (tertiary/aromatic N) is 1. The Morgan fingerprint density at radius 3 is 2.33 bits per heavy atom. The zero-order chi connectivity index (χ0) is 20.9. The predicted molar refractivity (Wildman–Crippen MR) is 117 cm³/mol. The third kappa shape index (κ3) is 4.26. The molecule has 0 saturated heterocycles. The average molecular weight is 423 g/mol. The van der Waals surface area contributed by atoms with E-state index < -0.39 is 11.9 Å². The van der Waals surface area contributed by atoms with E-state index in [1.165, 1.54) is 11.2 Å². The number of anilines is 1. The fraction of sp³-hybridized carbons (Fsp3) is 0.250. The molecule has 0 aliphatic heterocycles. The van der Waals surface area contributed by atoms with E-state index in [4.69, 9.17) is 16.0 Å². The van der Waals surface area contributed by atoms with E-state index in [9.17, 15) is 9.59 Å². The monoisotopic (exact) mass is 422 g/mol. The van der Waals surface area contributed by atoms with Crippen molar-refractivity contribution in [2.75, 3.05) is 4.90 Å². The van der Waals surface area contributed by atoms with Crippen LogP contribution in [0.25, 0.3) is 0 Å². The number of hydrogen-bond donors (Lipinski definition) is 1. The quantitative estimate of drug-likeness (QED) is 0.580. The van der Waals surface area contributed by atoms with E-state index in [0.29, 0.717) is 16.3 Å². The van der Waals surface area contributed by atoms with E-state index in [-0.39, 0.29) is 17.7 Å². The molecule has 5 nitrogen and oxygen atoms in total. The Kier molecular flexibility index (Phi) is 6.19. The lowest BCUT2D eigenvalue weighted by molar-refractivity contribution is -0.123. The molecule has 1 fully saturated rings. The van der Waals surface area contributed by atoms with Gasteiger partial charge >= 0.3 is 0 Å². The molecule has 154 valence electrons. The first-order valence-electron chi connectivity index (χ1n) is 10.1. The number of para-hydroxylation sites is 1. The number of benzene rings is 2. The third-order valence-corrected chi connectivity index (χ3v) is 5.71. The molecule has 1 aliphatic carbocycles. The first-order chi connectivity index (χ1) is 14.6. The van der Waals surface area contributed by atoms with Crippen LogP contribution in [0.2, 0.25) is 5.02 Å². The lowest BCUT2D eigenvalue weighted by Crippen LogP contribution is -2.46. The highest BCUT2D eigenvalue weighted by atomic mass is 35.5. The maximum absolute atomic E-state index is 13.5. The minimum absolute atomic E-state index is 0.121. The van der Waals surface area contributed by atoms with Crippen molar-refractivity contribution in [3.63, 3.8) is 0 Å². The Labute approximate surface area is 180 Å². The minimum atomic E-state index is -0.885. The molecule has 0 bridgehead atoms. The molecular formula is C24H23ClN2O3. The van der Waals surface area contributed by atoms with Crippen molar-refractivity contribution in [3.05, 3.63) is 89.3 Å². The molecule has 1 aliphatic rings. The van der Waals surface area contributed by atoms with Crippen LogP contribution in [0.4, 0.5) is 5.69 Å². The summed E-state index contributed by atoms with van der Waals surface area (Å²) < 4.78 is 5.37. The molecule has 4 rings (SSSR count). The third-order valence-electron chi connectivity index (χ3n) is 5.39. The number of hydrogen-bond acceptors (Lipinski definition) is 3. The lowest BCUT2D eigenvalue weighted by atomic mass is 10.0. The second-order valence-electron chi connectivity index (χ2n) is 7.41. The van der Waals surface area contributed by atoms with Gasteiger partial charge in [0.25, 0.3) is 5.91 Å². The van der Waals surface area contributed by atoms with Gasteiger partial charge in [-0.1, -0.05) is 66.9 Å². The van der Waals surface area contributed by atoms with Crippen molar-refractivity contribution in [1.82, 2.24) is 5.32 Å². The van der Waals surface area contributed by atoms with Crippen molar-refractivity contribution in [1.29, 1.82) is 0 Å². The van der Waals surface area contributed by atoms with Crippen molar-refractivity contribution >= 4 is 29.1 Å². The van der Waals surface area contributed by atoms with Gasteiger partial charge in [0.15, 0.2) is 5.76 Å². The summed E-state index contributed by atoms with van der Waals surface area (Å²) in [4.78, 5) is 28.5. The SMILES string of the molecule is O=C(NC1CCCC1)[C@H](c1ccccc1)N(C(=O)c1ccco1)c1ccccc1Cl. The second-order valence-corrected chi connectivity index (χ2v) is 7.81. The molecule has 1 N–H and O–H groups in total. The number of halogens is 1. The van der Waals surface area contributed by atoms with Crippen LogP contribution in [0.5, 0.6) is 0 Å². The van der Waals surface area contributed by atoms with E-state index >= 15 is 0 Å². The summed E-state index contributed by atoms with van der Waals surface area (Å²) in [6, 6.07) is 18.8. The molecule has 30 heavy (non-hydrogen) atoms. The maximum atomic E-state index is 13.5. The minimum Gasteiger partial charge on any atom is -0.459 e. The fourth-order valence-corrected chi connectivity index (χ4v) is 4.16. The molecule has 0 radical (unpaired) electrons. The van der Waals surface area contributed by atoms with Crippen LogP contribution in [0.1, 0.15) is 47.8 Å². The van der Waals surface area contributed by atoms with Gasteiger partial charge in [-0.2, -0.15) is 0 Å². The van der Waals surface area contributed by atoms with Crippen LogP contribution < -0.4 is 10.2 Å². The number of nitrogens with one attached hydrogen (secondary N) is 1. The van der Waals surface area contributed by atoms with Gasteiger partial charge in [0.05, 0.1) is 17.0 Å². The molecule has 1 atom stereocenters. The standard InChI is InChI=1S/C24H23ClN2O3/c25-19-13-6-7-14-20(19)27(24(29)21-15-8-16-30-21)22(17-9-2-1-3-10-17)23(28)26-18-11-4-5-12-18/h1-3,6-10,13-16,18,22H,4-5,11-12H2,(H,26,28)/t22-/m0/s1. The zero-order valence-corrected chi connectivity index (χ0v) is 17.2. The van der Waals surface area contributed by atoms with Gasteiger partial charge in [-0.3, -0.25) is 14.5 Å². The Balaban J connectivity index is 1.80. The highest BCUT2D eigenvalue weighted by Gasteiger charge is 2.36. The van der Waals surface area contributed by atoms with Gasteiger partial charge in [-0.15, -0.1) is 0 Å². The molecule has 2 aromatic carbocycles. The normalized spacial score (nSPS) is 15.0. The number of amides is 2. The Morgan fingerprint density at radius 2 is 1.67 bits per heavy atom. The Morgan fingerprint density at radius 1 is 0.967 bits per heavy atom. The van der Waals surface area contributed by atoms with Crippen molar-refractivity contribution < 1.29 is 14.0 Å². The molecule has 2 amide bonds. The summed E-state index contributed by atoms with van der Waals surface area (Å²) in [5, 5.41) is 3.52. The fourth-order valence-electron chi connectivity index (χ4n) is 3.94. The zero-order valence-electron chi connectivity index (χ0n) is 16.5. The predicted octanol–water partition coefficient (Wildman–Crippen LogP) is 5.38. The van der Waals surface area contributed by atoms with Crippen LogP contribution in [0.15, 0.2) is 77.4 Å². The molecule has 6 heteroatoms. The molecule has 0 spiro atoms. The lowest BCUT2D eigenvalue weighted by Gasteiger charge is -2.32. The molecular weight excluding hydrogens is 400 g/mol. The summed E-state index contributed by atoms with van der Waals surface area (Å²) in [6.45, 7) is 0. The van der Waals surface area contributed by atoms with Gasteiger partial charge in [0.1, 0.15) is 6.04 Å². The maximum Gasteiger partial charge on any atom is 0.295 e. The number of carbonyl (C=O) groups is 2. The Bertz CT molecular complexity index is 998. The van der Waals surface area contributed by atoms with Crippen molar-refractivity contribution in [2.45, 2.75) is 37.8 Å². The highest BCUT2D eigenvalue weighted by Crippen LogP contribution is 2.35. The van der Waals surface area contributed by atoms with E-state index in [1.807, 2.05) is 30.3 Å². The van der Waals surface area contributed by atoms with Crippen LogP contribution in [-0.4, -0.2) is 17.9 Å². The first kappa shape index (κ1) is 20.2. The van der Waals surface area contributed by atoms with Gasteiger partial charge in [0, 0.05) is 6.04 Å².